The maximum Gasteiger partial charge on any atom is 0.405 e. The van der Waals surface area contributed by atoms with E-state index in [0.717, 1.165) is 6.07 Å². The molecule has 3 N–H and O–H groups in total. The Labute approximate surface area is 201 Å². The molecule has 0 bridgehead atoms. The third kappa shape index (κ3) is 4.61. The summed E-state index contributed by atoms with van der Waals surface area (Å²) < 4.78 is 67.8. The molecule has 1 aliphatic rings. The average molecular weight is 509 g/mol. The van der Waals surface area contributed by atoms with Crippen molar-refractivity contribution >= 4 is 11.6 Å². The number of nitrogens with one attached hydrogen (secondary N) is 2. The van der Waals surface area contributed by atoms with Gasteiger partial charge < -0.3 is 15.3 Å². The summed E-state index contributed by atoms with van der Waals surface area (Å²) >= 11 is 0. The number of aryl methyl sites for hydroxylation is 1. The first kappa shape index (κ1) is 25.1. The van der Waals surface area contributed by atoms with Gasteiger partial charge in [0, 0.05) is 42.7 Å². The summed E-state index contributed by atoms with van der Waals surface area (Å²) in [6, 6.07) is 3.34. The number of halogens is 5. The lowest BCUT2D eigenvalue weighted by Crippen LogP contribution is -2.63. The molecule has 4 rings (SSSR count). The number of alkyl halides is 3. The van der Waals surface area contributed by atoms with Crippen LogP contribution in [0.15, 0.2) is 24.5 Å². The number of amides is 1. The van der Waals surface area contributed by atoms with Crippen LogP contribution in [0.1, 0.15) is 28.2 Å². The Balaban J connectivity index is 1.58. The molecule has 36 heavy (non-hydrogen) atoms. The van der Waals surface area contributed by atoms with Gasteiger partial charge >= 0.3 is 6.18 Å². The number of nitriles is 1. The van der Waals surface area contributed by atoms with Crippen molar-refractivity contribution in [3.63, 3.8) is 0 Å². The second-order valence-corrected chi connectivity index (χ2v) is 8.47. The Kier molecular flexibility index (Phi) is 6.44. The highest BCUT2D eigenvalue weighted by Crippen LogP contribution is 2.39. The van der Waals surface area contributed by atoms with E-state index in [9.17, 15) is 37.1 Å². The molecular weight excluding hydrogens is 489 g/mol. The fourth-order valence-electron chi connectivity index (χ4n) is 4.17. The fraction of sp³-hybridized carbons (Fsp3) is 0.364. The van der Waals surface area contributed by atoms with E-state index in [-0.39, 0.29) is 31.8 Å². The highest BCUT2D eigenvalue weighted by Gasteiger charge is 2.47. The number of anilines is 1. The summed E-state index contributed by atoms with van der Waals surface area (Å²) in [5.74, 6) is -3.60. The number of H-pyrrole nitrogens is 1. The summed E-state index contributed by atoms with van der Waals surface area (Å²) in [5.41, 5.74) is 0.345. The van der Waals surface area contributed by atoms with Gasteiger partial charge in [0.25, 0.3) is 5.91 Å². The van der Waals surface area contributed by atoms with Crippen molar-refractivity contribution in [2.24, 2.45) is 0 Å². The van der Waals surface area contributed by atoms with Gasteiger partial charge in [-0.25, -0.2) is 8.78 Å². The first-order valence-corrected chi connectivity index (χ1v) is 10.6. The molecule has 190 valence electrons. The lowest BCUT2D eigenvalue weighted by Gasteiger charge is -2.50. The molecule has 1 aliphatic heterocycles. The predicted octanol–water partition coefficient (Wildman–Crippen LogP) is 2.77. The Morgan fingerprint density at radius 2 is 2.00 bits per heavy atom. The Hall–Kier alpha value is -3.99. The van der Waals surface area contributed by atoms with Crippen LogP contribution in [0.25, 0.3) is 11.1 Å². The minimum Gasteiger partial charge on any atom is -0.390 e. The van der Waals surface area contributed by atoms with E-state index in [1.54, 1.807) is 19.3 Å². The van der Waals surface area contributed by atoms with Crippen molar-refractivity contribution in [3.05, 3.63) is 53.1 Å². The quantitative estimate of drug-likeness (QED) is 0.421. The Morgan fingerprint density at radius 1 is 1.28 bits per heavy atom. The summed E-state index contributed by atoms with van der Waals surface area (Å²) in [6.45, 7) is -0.195. The van der Waals surface area contributed by atoms with Gasteiger partial charge in [-0.2, -0.15) is 28.6 Å². The van der Waals surface area contributed by atoms with Gasteiger partial charge in [-0.3, -0.25) is 14.6 Å². The van der Waals surface area contributed by atoms with Gasteiger partial charge in [-0.15, -0.1) is 0 Å². The van der Waals surface area contributed by atoms with E-state index >= 15 is 0 Å². The molecule has 0 aliphatic carbocycles. The zero-order chi connectivity index (χ0) is 26.3. The van der Waals surface area contributed by atoms with Crippen molar-refractivity contribution in [1.29, 1.82) is 5.26 Å². The molecule has 3 aromatic rings. The minimum atomic E-state index is -4.70. The summed E-state index contributed by atoms with van der Waals surface area (Å²) in [5, 5.41) is 31.9. The second-order valence-electron chi connectivity index (χ2n) is 8.47. The maximum absolute atomic E-state index is 14.8. The van der Waals surface area contributed by atoms with Crippen molar-refractivity contribution in [2.45, 2.75) is 31.7 Å². The van der Waals surface area contributed by atoms with Gasteiger partial charge in [0.2, 0.25) is 0 Å². The molecule has 0 radical (unpaired) electrons. The standard InChI is InChI=1S/C22H20F5N7O2/c1-12-14(6-30-31-12)15-7-34(32-18(15)8-35)21(2-3-28)10-33(11-21)19-5-16(23)13(4-17(19)24)20(36)29-9-22(25,26)27/h4-7,35H,2,8-11H2,1H3,(H,29,36)(H,30,31). The monoisotopic (exact) mass is 509 g/mol. The molecule has 1 fully saturated rings. The number of aliphatic hydroxyl groups is 1. The maximum atomic E-state index is 14.8. The lowest BCUT2D eigenvalue weighted by atomic mass is 9.86. The van der Waals surface area contributed by atoms with E-state index < -0.39 is 41.4 Å². The SMILES string of the molecule is Cc1n[nH]cc1-c1cn(C2(CC#N)CN(c3cc(F)c(C(=O)NCC(F)(F)F)cc3F)C2)nc1CO. The number of aliphatic hydroxyl groups excluding tert-OH is 1. The molecule has 0 atom stereocenters. The van der Waals surface area contributed by atoms with Crippen molar-refractivity contribution in [2.75, 3.05) is 24.5 Å². The number of carbonyl (C=O) groups excluding carboxylic acids is 1. The number of benzene rings is 1. The summed E-state index contributed by atoms with van der Waals surface area (Å²) in [7, 11) is 0. The van der Waals surface area contributed by atoms with E-state index in [1.165, 1.54) is 14.9 Å². The first-order chi connectivity index (χ1) is 17.0. The largest absolute Gasteiger partial charge is 0.405 e. The van der Waals surface area contributed by atoms with Crippen LogP contribution in [0, 0.1) is 29.9 Å². The van der Waals surface area contributed by atoms with Gasteiger partial charge in [-0.05, 0) is 13.0 Å². The van der Waals surface area contributed by atoms with Crippen LogP contribution in [0.3, 0.4) is 0 Å². The van der Waals surface area contributed by atoms with Crippen LogP contribution in [-0.2, 0) is 12.1 Å². The molecule has 9 nitrogen and oxygen atoms in total. The van der Waals surface area contributed by atoms with E-state index in [0.29, 0.717) is 28.6 Å². The number of aromatic amines is 1. The van der Waals surface area contributed by atoms with Gasteiger partial charge in [-0.1, -0.05) is 0 Å². The third-order valence-electron chi connectivity index (χ3n) is 6.00. The second kappa shape index (κ2) is 9.23. The molecule has 0 saturated carbocycles. The number of hydrogen-bond donors (Lipinski definition) is 3. The Morgan fingerprint density at radius 3 is 2.58 bits per heavy atom. The molecule has 0 unspecified atom stereocenters. The fourth-order valence-corrected chi connectivity index (χ4v) is 4.17. The molecule has 14 heteroatoms. The van der Waals surface area contributed by atoms with Gasteiger partial charge in [0.1, 0.15) is 23.7 Å². The zero-order valence-electron chi connectivity index (χ0n) is 18.8. The van der Waals surface area contributed by atoms with Crippen LogP contribution >= 0.6 is 0 Å². The molecule has 2 aromatic heterocycles. The van der Waals surface area contributed by atoms with Gasteiger partial charge in [0.15, 0.2) is 0 Å². The average Bonchev–Trinajstić information content (AvgIpc) is 3.41. The molecule has 1 aromatic carbocycles. The smallest absolute Gasteiger partial charge is 0.390 e. The molecule has 3 heterocycles. The number of hydrogen-bond acceptors (Lipinski definition) is 6. The van der Waals surface area contributed by atoms with Crippen LogP contribution in [-0.4, -0.2) is 56.8 Å². The van der Waals surface area contributed by atoms with Crippen LogP contribution in [0.2, 0.25) is 0 Å². The minimum absolute atomic E-state index is 0.0259. The highest BCUT2D eigenvalue weighted by molar-refractivity contribution is 5.95. The van der Waals surface area contributed by atoms with E-state index in [2.05, 4.69) is 21.4 Å². The first-order valence-electron chi connectivity index (χ1n) is 10.6. The highest BCUT2D eigenvalue weighted by atomic mass is 19.4. The lowest BCUT2D eigenvalue weighted by molar-refractivity contribution is -0.123. The molecule has 1 amide bonds. The van der Waals surface area contributed by atoms with Crippen LogP contribution < -0.4 is 10.2 Å². The number of rotatable bonds is 7. The van der Waals surface area contributed by atoms with E-state index in [1.807, 2.05) is 0 Å². The molecular formula is C22H20F5N7O2. The third-order valence-corrected chi connectivity index (χ3v) is 6.00. The van der Waals surface area contributed by atoms with Crippen molar-refractivity contribution < 1.29 is 31.9 Å². The van der Waals surface area contributed by atoms with E-state index in [4.69, 9.17) is 0 Å². The molecule has 1 saturated heterocycles. The summed E-state index contributed by atoms with van der Waals surface area (Å²) in [6.07, 6.45) is -1.43. The normalized spacial score (nSPS) is 14.9. The van der Waals surface area contributed by atoms with Crippen LogP contribution in [0.4, 0.5) is 27.6 Å². The summed E-state index contributed by atoms with van der Waals surface area (Å²) in [4.78, 5) is 13.3. The van der Waals surface area contributed by atoms with Gasteiger partial charge in [0.05, 0.1) is 41.7 Å². The number of aromatic nitrogens is 4. The van der Waals surface area contributed by atoms with Crippen LogP contribution in [0.5, 0.6) is 0 Å². The predicted molar refractivity (Wildman–Crippen MR) is 116 cm³/mol. The topological polar surface area (TPSA) is 123 Å². The van der Waals surface area contributed by atoms with Crippen molar-refractivity contribution in [1.82, 2.24) is 25.3 Å². The number of carbonyl (C=O) groups is 1. The molecule has 0 spiro atoms. The number of nitrogens with zero attached hydrogens (tertiary/aromatic N) is 5. The zero-order valence-corrected chi connectivity index (χ0v) is 18.8. The van der Waals surface area contributed by atoms with Crippen molar-refractivity contribution in [3.8, 4) is 17.2 Å². The Bertz CT molecular complexity index is 1340.